The van der Waals surface area contributed by atoms with Crippen LogP contribution in [-0.2, 0) is 16.1 Å². The van der Waals surface area contributed by atoms with Crippen molar-refractivity contribution in [3.63, 3.8) is 0 Å². The molecule has 0 aliphatic rings. The van der Waals surface area contributed by atoms with Crippen LogP contribution in [0.4, 0.5) is 5.69 Å². The Bertz CT molecular complexity index is 698. The van der Waals surface area contributed by atoms with E-state index in [2.05, 4.69) is 10.6 Å². The fraction of sp³-hybridized carbons (Fsp3) is 0.222. The zero-order chi connectivity index (χ0) is 17.4. The summed E-state index contributed by atoms with van der Waals surface area (Å²) in [4.78, 5) is 22.4. The Labute approximate surface area is 140 Å². The van der Waals surface area contributed by atoms with Gasteiger partial charge in [-0.1, -0.05) is 29.8 Å². The molecule has 6 heteroatoms. The Balaban J connectivity index is 1.81. The molecule has 0 unspecified atom stereocenters. The lowest BCUT2D eigenvalue weighted by atomic mass is 10.2. The molecule has 6 nitrogen and oxygen atoms in total. The first-order valence-corrected chi connectivity index (χ1v) is 7.54. The van der Waals surface area contributed by atoms with E-state index in [1.807, 2.05) is 37.3 Å². The number of carbonyl (C=O) groups is 2. The summed E-state index contributed by atoms with van der Waals surface area (Å²) in [7, 11) is 0. The van der Waals surface area contributed by atoms with Crippen molar-refractivity contribution < 1.29 is 19.4 Å². The minimum atomic E-state index is -0.907. The van der Waals surface area contributed by atoms with Gasteiger partial charge in [-0.25, -0.2) is 0 Å². The third kappa shape index (κ3) is 6.10. The van der Waals surface area contributed by atoms with Gasteiger partial charge in [0.2, 0.25) is 0 Å². The molecule has 0 aromatic heterocycles. The summed E-state index contributed by atoms with van der Waals surface area (Å²) in [5, 5.41) is 14.2. The molecule has 0 bridgehead atoms. The van der Waals surface area contributed by atoms with Gasteiger partial charge in [-0.2, -0.15) is 0 Å². The third-order valence-electron chi connectivity index (χ3n) is 3.21. The molecular formula is C18H20N2O4. The highest BCUT2D eigenvalue weighted by Gasteiger charge is 2.05. The smallest absolute Gasteiger partial charge is 0.317 e. The van der Waals surface area contributed by atoms with Crippen LogP contribution >= 0.6 is 0 Å². The lowest BCUT2D eigenvalue weighted by Crippen LogP contribution is -2.22. The molecule has 0 radical (unpaired) electrons. The molecule has 0 aliphatic carbocycles. The standard InChI is InChI=1S/C18H20N2O4/c1-13-5-7-15(8-6-13)20-17(21)12-24-16-4-2-3-14(9-16)10-19-11-18(22)23/h2-9,19H,10-12H2,1H3,(H,20,21)(H,22,23). The van der Waals surface area contributed by atoms with Crippen molar-refractivity contribution in [2.24, 2.45) is 0 Å². The molecule has 0 spiro atoms. The highest BCUT2D eigenvalue weighted by Crippen LogP contribution is 2.14. The Hall–Kier alpha value is -2.86. The van der Waals surface area contributed by atoms with Crippen molar-refractivity contribution in [1.29, 1.82) is 0 Å². The van der Waals surface area contributed by atoms with Crippen molar-refractivity contribution in [3.05, 3.63) is 59.7 Å². The van der Waals surface area contributed by atoms with Gasteiger partial charge in [-0.3, -0.25) is 9.59 Å². The van der Waals surface area contributed by atoms with Crippen LogP contribution in [0.1, 0.15) is 11.1 Å². The summed E-state index contributed by atoms with van der Waals surface area (Å²) in [6, 6.07) is 14.7. The zero-order valence-corrected chi connectivity index (χ0v) is 13.4. The van der Waals surface area contributed by atoms with Crippen LogP contribution in [-0.4, -0.2) is 30.1 Å². The van der Waals surface area contributed by atoms with E-state index in [0.717, 1.165) is 16.8 Å². The van der Waals surface area contributed by atoms with Crippen LogP contribution in [0.5, 0.6) is 5.75 Å². The minimum Gasteiger partial charge on any atom is -0.484 e. The molecule has 24 heavy (non-hydrogen) atoms. The number of hydrogen-bond donors (Lipinski definition) is 3. The van der Waals surface area contributed by atoms with Gasteiger partial charge < -0.3 is 20.5 Å². The third-order valence-corrected chi connectivity index (χ3v) is 3.21. The van der Waals surface area contributed by atoms with Gasteiger partial charge in [0.05, 0.1) is 6.54 Å². The van der Waals surface area contributed by atoms with Crippen molar-refractivity contribution in [2.75, 3.05) is 18.5 Å². The summed E-state index contributed by atoms with van der Waals surface area (Å²) in [6.45, 7) is 2.19. The maximum Gasteiger partial charge on any atom is 0.317 e. The Kier molecular flexibility index (Phi) is 6.33. The molecule has 2 aromatic carbocycles. The van der Waals surface area contributed by atoms with Crippen LogP contribution in [0.15, 0.2) is 48.5 Å². The van der Waals surface area contributed by atoms with Crippen LogP contribution in [0.3, 0.4) is 0 Å². The summed E-state index contributed by atoms with van der Waals surface area (Å²) >= 11 is 0. The average Bonchev–Trinajstić information content (AvgIpc) is 2.55. The molecule has 0 saturated carbocycles. The number of carbonyl (C=O) groups excluding carboxylic acids is 1. The quantitative estimate of drug-likeness (QED) is 0.691. The Morgan fingerprint density at radius 1 is 1.12 bits per heavy atom. The van der Waals surface area contributed by atoms with Gasteiger partial charge in [0.15, 0.2) is 6.61 Å². The molecule has 0 atom stereocenters. The normalized spacial score (nSPS) is 10.2. The number of carboxylic acids is 1. The lowest BCUT2D eigenvalue weighted by molar-refractivity contribution is -0.136. The molecule has 0 fully saturated rings. The van der Waals surface area contributed by atoms with Gasteiger partial charge in [-0.15, -0.1) is 0 Å². The number of benzene rings is 2. The number of aryl methyl sites for hydroxylation is 1. The van der Waals surface area contributed by atoms with E-state index in [9.17, 15) is 9.59 Å². The van der Waals surface area contributed by atoms with Gasteiger partial charge in [0, 0.05) is 12.2 Å². The zero-order valence-electron chi connectivity index (χ0n) is 13.4. The number of rotatable bonds is 8. The fourth-order valence-corrected chi connectivity index (χ4v) is 2.04. The van der Waals surface area contributed by atoms with Crippen LogP contribution in [0.2, 0.25) is 0 Å². The summed E-state index contributed by atoms with van der Waals surface area (Å²) in [6.07, 6.45) is 0. The van der Waals surface area contributed by atoms with E-state index in [0.29, 0.717) is 12.3 Å². The van der Waals surface area contributed by atoms with Crippen molar-refractivity contribution >= 4 is 17.6 Å². The lowest BCUT2D eigenvalue weighted by Gasteiger charge is -2.09. The molecular weight excluding hydrogens is 308 g/mol. The number of anilines is 1. The molecule has 0 aliphatic heterocycles. The molecule has 126 valence electrons. The summed E-state index contributed by atoms with van der Waals surface area (Å²) < 4.78 is 5.48. The van der Waals surface area contributed by atoms with E-state index in [1.165, 1.54) is 0 Å². The maximum absolute atomic E-state index is 11.9. The highest BCUT2D eigenvalue weighted by atomic mass is 16.5. The van der Waals surface area contributed by atoms with Gasteiger partial charge in [0.1, 0.15) is 5.75 Å². The first kappa shape index (κ1) is 17.5. The number of carboxylic acid groups (broad SMARTS) is 1. The molecule has 0 saturated heterocycles. The second-order valence-corrected chi connectivity index (χ2v) is 5.35. The predicted molar refractivity (Wildman–Crippen MR) is 91.1 cm³/mol. The highest BCUT2D eigenvalue weighted by molar-refractivity contribution is 5.91. The number of amides is 1. The van der Waals surface area contributed by atoms with Gasteiger partial charge in [-0.05, 0) is 36.8 Å². The second kappa shape index (κ2) is 8.69. The molecule has 2 aromatic rings. The first-order chi connectivity index (χ1) is 11.5. The van der Waals surface area contributed by atoms with Crippen LogP contribution in [0, 0.1) is 6.92 Å². The molecule has 2 rings (SSSR count). The van der Waals surface area contributed by atoms with Gasteiger partial charge in [0.25, 0.3) is 5.91 Å². The second-order valence-electron chi connectivity index (χ2n) is 5.35. The Morgan fingerprint density at radius 2 is 1.88 bits per heavy atom. The average molecular weight is 328 g/mol. The van der Waals surface area contributed by atoms with Gasteiger partial charge >= 0.3 is 5.97 Å². The number of nitrogens with one attached hydrogen (secondary N) is 2. The van der Waals surface area contributed by atoms with Crippen molar-refractivity contribution in [2.45, 2.75) is 13.5 Å². The van der Waals surface area contributed by atoms with E-state index >= 15 is 0 Å². The molecule has 3 N–H and O–H groups in total. The van der Waals surface area contributed by atoms with E-state index < -0.39 is 5.97 Å². The Morgan fingerprint density at radius 3 is 2.58 bits per heavy atom. The van der Waals surface area contributed by atoms with E-state index in [4.69, 9.17) is 9.84 Å². The van der Waals surface area contributed by atoms with Crippen molar-refractivity contribution in [3.8, 4) is 5.75 Å². The fourth-order valence-electron chi connectivity index (χ4n) is 2.04. The predicted octanol–water partition coefficient (Wildman–Crippen LogP) is 2.19. The number of hydrogen-bond acceptors (Lipinski definition) is 4. The SMILES string of the molecule is Cc1ccc(NC(=O)COc2cccc(CNCC(=O)O)c2)cc1. The van der Waals surface area contributed by atoms with E-state index in [1.54, 1.807) is 18.2 Å². The van der Waals surface area contributed by atoms with E-state index in [-0.39, 0.29) is 19.1 Å². The van der Waals surface area contributed by atoms with Crippen LogP contribution < -0.4 is 15.4 Å². The minimum absolute atomic E-state index is 0.0973. The summed E-state index contributed by atoms with van der Waals surface area (Å²) in [5.74, 6) is -0.591. The first-order valence-electron chi connectivity index (χ1n) is 7.54. The maximum atomic E-state index is 11.9. The topological polar surface area (TPSA) is 87.7 Å². The monoisotopic (exact) mass is 328 g/mol. The summed E-state index contributed by atoms with van der Waals surface area (Å²) in [5.41, 5.74) is 2.73. The largest absolute Gasteiger partial charge is 0.484 e. The van der Waals surface area contributed by atoms with Crippen molar-refractivity contribution in [1.82, 2.24) is 5.32 Å². The van der Waals surface area contributed by atoms with Crippen LogP contribution in [0.25, 0.3) is 0 Å². The molecule has 0 heterocycles. The number of ether oxygens (including phenoxy) is 1. The number of aliphatic carboxylic acids is 1. The molecule has 1 amide bonds.